The zero-order chi connectivity index (χ0) is 20.5. The summed E-state index contributed by atoms with van der Waals surface area (Å²) in [4.78, 5) is 7.13. The molecule has 2 aliphatic heterocycles. The number of sulfonamides is 1. The largest absolute Gasteiger partial charge is 0.468 e. The van der Waals surface area contributed by atoms with E-state index in [0.29, 0.717) is 32.1 Å². The van der Waals surface area contributed by atoms with E-state index in [1.54, 1.807) is 22.3 Å². The lowest BCUT2D eigenvalue weighted by molar-refractivity contribution is 0.221. The smallest absolute Gasteiger partial charge is 0.215 e. The van der Waals surface area contributed by atoms with E-state index in [4.69, 9.17) is 9.41 Å². The van der Waals surface area contributed by atoms with Crippen LogP contribution in [-0.4, -0.2) is 86.7 Å². The normalized spacial score (nSPS) is 20.7. The molecule has 1 unspecified atom stereocenters. The van der Waals surface area contributed by atoms with Gasteiger partial charge in [0, 0.05) is 37.7 Å². The standard InChI is InChI=1S/C19H33N5O3S2/c1-2-20-19(21-7-15-29(25,26)24-10-13-28-14-11-24)22-16-17(18-6-5-12-27-18)23-8-3-4-9-23/h5-6,12,17H,2-4,7-11,13-16H2,1H3,(H2,20,21,22). The van der Waals surface area contributed by atoms with Crippen molar-refractivity contribution in [2.75, 3.05) is 63.1 Å². The third-order valence-corrected chi connectivity index (χ3v) is 8.05. The quantitative estimate of drug-likeness (QED) is 0.440. The molecule has 2 saturated heterocycles. The fourth-order valence-electron chi connectivity index (χ4n) is 3.69. The van der Waals surface area contributed by atoms with Crippen molar-refractivity contribution in [1.82, 2.24) is 19.8 Å². The summed E-state index contributed by atoms with van der Waals surface area (Å²) < 4.78 is 32.3. The Morgan fingerprint density at radius 3 is 2.66 bits per heavy atom. The Kier molecular flexibility index (Phi) is 8.70. The highest BCUT2D eigenvalue weighted by molar-refractivity contribution is 7.99. The van der Waals surface area contributed by atoms with Gasteiger partial charge < -0.3 is 15.1 Å². The first-order valence-electron chi connectivity index (χ1n) is 10.5. The van der Waals surface area contributed by atoms with Gasteiger partial charge in [0.1, 0.15) is 5.76 Å². The third-order valence-electron chi connectivity index (χ3n) is 5.24. The highest BCUT2D eigenvalue weighted by atomic mass is 32.2. The maximum absolute atomic E-state index is 12.5. The summed E-state index contributed by atoms with van der Waals surface area (Å²) in [6, 6.07) is 4.02. The molecule has 0 amide bonds. The Hall–Kier alpha value is -1.23. The number of furan rings is 1. The van der Waals surface area contributed by atoms with Crippen LogP contribution in [0.15, 0.2) is 27.8 Å². The van der Waals surface area contributed by atoms with E-state index >= 15 is 0 Å². The number of thioether (sulfide) groups is 1. The number of aliphatic imine (C=N–C) groups is 1. The monoisotopic (exact) mass is 443 g/mol. The summed E-state index contributed by atoms with van der Waals surface area (Å²) in [5.74, 6) is 3.41. The zero-order valence-electron chi connectivity index (χ0n) is 17.2. The minimum absolute atomic E-state index is 0.0792. The summed E-state index contributed by atoms with van der Waals surface area (Å²) in [7, 11) is -3.22. The molecule has 1 aromatic rings. The van der Waals surface area contributed by atoms with Crippen LogP contribution >= 0.6 is 11.8 Å². The molecule has 2 fully saturated rings. The third kappa shape index (κ3) is 6.63. The van der Waals surface area contributed by atoms with Crippen LogP contribution in [0.1, 0.15) is 31.6 Å². The first-order chi connectivity index (χ1) is 14.1. The van der Waals surface area contributed by atoms with Crippen molar-refractivity contribution in [3.8, 4) is 0 Å². The van der Waals surface area contributed by atoms with Crippen molar-refractivity contribution in [1.29, 1.82) is 0 Å². The van der Waals surface area contributed by atoms with E-state index in [1.165, 1.54) is 12.8 Å². The van der Waals surface area contributed by atoms with Gasteiger partial charge in [0.05, 0.1) is 24.6 Å². The molecule has 8 nitrogen and oxygen atoms in total. The van der Waals surface area contributed by atoms with Gasteiger partial charge in [-0.05, 0) is 45.0 Å². The lowest BCUT2D eigenvalue weighted by Crippen LogP contribution is -2.44. The summed E-state index contributed by atoms with van der Waals surface area (Å²) in [6.07, 6.45) is 4.10. The topological polar surface area (TPSA) is 90.2 Å². The van der Waals surface area contributed by atoms with Crippen LogP contribution in [-0.2, 0) is 10.0 Å². The zero-order valence-corrected chi connectivity index (χ0v) is 18.8. The average Bonchev–Trinajstić information content (AvgIpc) is 3.43. The van der Waals surface area contributed by atoms with Crippen LogP contribution in [0.4, 0.5) is 0 Å². The molecule has 2 N–H and O–H groups in total. The van der Waals surface area contributed by atoms with Crippen molar-refractivity contribution < 1.29 is 12.8 Å². The number of likely N-dealkylation sites (tertiary alicyclic amines) is 1. The van der Waals surface area contributed by atoms with Gasteiger partial charge in [0.2, 0.25) is 10.0 Å². The van der Waals surface area contributed by atoms with Crippen LogP contribution < -0.4 is 10.6 Å². The molecule has 3 heterocycles. The molecule has 164 valence electrons. The predicted molar refractivity (Wildman–Crippen MR) is 119 cm³/mol. The molecule has 2 aliphatic rings. The van der Waals surface area contributed by atoms with Gasteiger partial charge in [-0.15, -0.1) is 0 Å². The molecular formula is C19H33N5O3S2. The van der Waals surface area contributed by atoms with Gasteiger partial charge in [-0.1, -0.05) is 0 Å². The Morgan fingerprint density at radius 1 is 1.24 bits per heavy atom. The molecule has 10 heteroatoms. The van der Waals surface area contributed by atoms with E-state index in [2.05, 4.69) is 15.5 Å². The Balaban J connectivity index is 1.56. The lowest BCUT2D eigenvalue weighted by atomic mass is 10.2. The summed E-state index contributed by atoms with van der Waals surface area (Å²) in [6.45, 7) is 6.96. The lowest BCUT2D eigenvalue weighted by Gasteiger charge is -2.26. The van der Waals surface area contributed by atoms with Gasteiger partial charge in [0.25, 0.3) is 0 Å². The molecular weight excluding hydrogens is 410 g/mol. The second kappa shape index (κ2) is 11.2. The van der Waals surface area contributed by atoms with Crippen LogP contribution in [0, 0.1) is 0 Å². The number of hydrogen-bond acceptors (Lipinski definition) is 6. The minimum atomic E-state index is -3.22. The summed E-state index contributed by atoms with van der Waals surface area (Å²) >= 11 is 1.81. The molecule has 0 saturated carbocycles. The van der Waals surface area contributed by atoms with Crippen LogP contribution in [0.25, 0.3) is 0 Å². The van der Waals surface area contributed by atoms with Gasteiger partial charge >= 0.3 is 0 Å². The van der Waals surface area contributed by atoms with Crippen molar-refractivity contribution in [2.45, 2.75) is 25.8 Å². The minimum Gasteiger partial charge on any atom is -0.468 e. The predicted octanol–water partition coefficient (Wildman–Crippen LogP) is 1.35. The highest BCUT2D eigenvalue weighted by Crippen LogP contribution is 2.25. The number of nitrogens with one attached hydrogen (secondary N) is 2. The van der Waals surface area contributed by atoms with Crippen molar-refractivity contribution in [3.05, 3.63) is 24.2 Å². The van der Waals surface area contributed by atoms with Crippen molar-refractivity contribution >= 4 is 27.7 Å². The molecule has 0 bridgehead atoms. The summed E-state index contributed by atoms with van der Waals surface area (Å²) in [5.41, 5.74) is 0. The molecule has 3 rings (SSSR count). The fourth-order valence-corrected chi connectivity index (χ4v) is 6.18. The van der Waals surface area contributed by atoms with Crippen LogP contribution in [0.3, 0.4) is 0 Å². The Bertz CT molecular complexity index is 727. The SMILES string of the molecule is CCNC(=NCC(c1ccco1)N1CCCC1)NCCS(=O)(=O)N1CCSCC1. The second-order valence-electron chi connectivity index (χ2n) is 7.25. The van der Waals surface area contributed by atoms with Gasteiger partial charge in [0.15, 0.2) is 5.96 Å². The average molecular weight is 444 g/mol. The number of nitrogens with zero attached hydrogens (tertiary/aromatic N) is 3. The molecule has 0 aliphatic carbocycles. The summed E-state index contributed by atoms with van der Waals surface area (Å²) in [5, 5.41) is 6.40. The maximum atomic E-state index is 12.5. The Morgan fingerprint density at radius 2 is 2.00 bits per heavy atom. The van der Waals surface area contributed by atoms with Crippen LogP contribution in [0.2, 0.25) is 0 Å². The second-order valence-corrected chi connectivity index (χ2v) is 10.6. The molecule has 1 atom stereocenters. The number of hydrogen-bond donors (Lipinski definition) is 2. The van der Waals surface area contributed by atoms with Gasteiger partial charge in [-0.25, -0.2) is 12.7 Å². The number of rotatable bonds is 9. The van der Waals surface area contributed by atoms with E-state index in [1.807, 2.05) is 19.1 Å². The molecule has 29 heavy (non-hydrogen) atoms. The number of guanidine groups is 1. The van der Waals surface area contributed by atoms with E-state index in [9.17, 15) is 8.42 Å². The Labute approximate surface area is 178 Å². The maximum Gasteiger partial charge on any atom is 0.215 e. The van der Waals surface area contributed by atoms with E-state index < -0.39 is 10.0 Å². The molecule has 1 aromatic heterocycles. The van der Waals surface area contributed by atoms with Gasteiger partial charge in [-0.2, -0.15) is 11.8 Å². The van der Waals surface area contributed by atoms with E-state index in [0.717, 1.165) is 36.9 Å². The van der Waals surface area contributed by atoms with Gasteiger partial charge in [-0.3, -0.25) is 9.89 Å². The first-order valence-corrected chi connectivity index (χ1v) is 13.2. The molecule has 0 spiro atoms. The highest BCUT2D eigenvalue weighted by Gasteiger charge is 2.26. The van der Waals surface area contributed by atoms with Crippen molar-refractivity contribution in [2.24, 2.45) is 4.99 Å². The van der Waals surface area contributed by atoms with Crippen molar-refractivity contribution in [3.63, 3.8) is 0 Å². The fraction of sp³-hybridized carbons (Fsp3) is 0.737. The van der Waals surface area contributed by atoms with Crippen LogP contribution in [0.5, 0.6) is 0 Å². The first kappa shape index (κ1) is 22.5. The van der Waals surface area contributed by atoms with E-state index in [-0.39, 0.29) is 11.8 Å². The molecule has 0 radical (unpaired) electrons. The molecule has 0 aromatic carbocycles.